The standard InChI is InChI=1S/C14H22N4O2S2/c1-10-9-20-7-6-18(10)12-8-11(16-13(17-12)21-2)14(4-5-14)22(3,15)19/h8,10,15H,4-7,9H2,1-3H3/t10-,22?/m1/s1. The molecule has 2 fully saturated rings. The van der Waals surface area contributed by atoms with Gasteiger partial charge in [0.15, 0.2) is 5.16 Å². The van der Waals surface area contributed by atoms with E-state index in [0.29, 0.717) is 18.4 Å². The van der Waals surface area contributed by atoms with Gasteiger partial charge >= 0.3 is 0 Å². The molecule has 22 heavy (non-hydrogen) atoms. The predicted molar refractivity (Wildman–Crippen MR) is 89.1 cm³/mol. The van der Waals surface area contributed by atoms with Gasteiger partial charge in [0.2, 0.25) is 0 Å². The number of morpholine rings is 1. The number of nitrogens with one attached hydrogen (secondary N) is 1. The lowest BCUT2D eigenvalue weighted by molar-refractivity contribution is 0.0984. The van der Waals surface area contributed by atoms with Crippen LogP contribution in [0.5, 0.6) is 0 Å². The van der Waals surface area contributed by atoms with E-state index in [2.05, 4.69) is 21.8 Å². The monoisotopic (exact) mass is 342 g/mol. The van der Waals surface area contributed by atoms with Gasteiger partial charge in [-0.25, -0.2) is 14.2 Å². The molecule has 1 aromatic rings. The van der Waals surface area contributed by atoms with Crippen LogP contribution in [0.4, 0.5) is 5.82 Å². The first-order chi connectivity index (χ1) is 10.4. The second-order valence-corrected chi connectivity index (χ2v) is 9.30. The fourth-order valence-electron chi connectivity index (χ4n) is 2.91. The normalized spacial score (nSPS) is 26.5. The van der Waals surface area contributed by atoms with Gasteiger partial charge in [0.25, 0.3) is 0 Å². The maximum atomic E-state index is 12.4. The van der Waals surface area contributed by atoms with Crippen molar-refractivity contribution in [3.8, 4) is 0 Å². The van der Waals surface area contributed by atoms with Crippen molar-refractivity contribution in [3.05, 3.63) is 11.8 Å². The SMILES string of the molecule is CSc1nc(N2CCOC[C@H]2C)cc(C2(S(C)(=N)=O)CC2)n1. The molecule has 3 rings (SSSR count). The Morgan fingerprint density at radius 3 is 2.77 bits per heavy atom. The largest absolute Gasteiger partial charge is 0.377 e. The highest BCUT2D eigenvalue weighted by molar-refractivity contribution is 7.98. The maximum absolute atomic E-state index is 12.4. The Labute approximate surface area is 136 Å². The summed E-state index contributed by atoms with van der Waals surface area (Å²) in [5.41, 5.74) is 0.767. The van der Waals surface area contributed by atoms with Gasteiger partial charge in [-0.05, 0) is 26.0 Å². The minimum atomic E-state index is -2.67. The maximum Gasteiger partial charge on any atom is 0.189 e. The average Bonchev–Trinajstić information content (AvgIpc) is 3.28. The predicted octanol–water partition coefficient (Wildman–Crippen LogP) is 2.09. The van der Waals surface area contributed by atoms with Crippen LogP contribution in [0.15, 0.2) is 11.2 Å². The molecule has 1 unspecified atom stereocenters. The minimum absolute atomic E-state index is 0.253. The van der Waals surface area contributed by atoms with Crippen LogP contribution >= 0.6 is 11.8 Å². The first-order valence-corrected chi connectivity index (χ1v) is 10.6. The molecule has 1 saturated carbocycles. The van der Waals surface area contributed by atoms with Gasteiger partial charge in [-0.1, -0.05) is 11.8 Å². The Morgan fingerprint density at radius 2 is 2.23 bits per heavy atom. The third-order valence-electron chi connectivity index (χ3n) is 4.45. The number of hydrogen-bond donors (Lipinski definition) is 1. The van der Waals surface area contributed by atoms with Crippen LogP contribution in [0, 0.1) is 4.78 Å². The van der Waals surface area contributed by atoms with E-state index in [1.165, 1.54) is 18.0 Å². The van der Waals surface area contributed by atoms with Gasteiger partial charge in [0.1, 0.15) is 5.82 Å². The third-order valence-corrected chi connectivity index (χ3v) is 7.11. The lowest BCUT2D eigenvalue weighted by atomic mass is 10.2. The molecule has 0 spiro atoms. The summed E-state index contributed by atoms with van der Waals surface area (Å²) in [5, 5.41) is 0.682. The van der Waals surface area contributed by atoms with Gasteiger partial charge in [-0.15, -0.1) is 0 Å². The molecule has 8 heteroatoms. The first kappa shape index (κ1) is 16.0. The van der Waals surface area contributed by atoms with Gasteiger partial charge in [0, 0.05) is 18.9 Å². The summed E-state index contributed by atoms with van der Waals surface area (Å²) in [6.45, 7) is 4.27. The number of hydrogen-bond acceptors (Lipinski definition) is 7. The summed E-state index contributed by atoms with van der Waals surface area (Å²) in [6, 6.07) is 2.19. The van der Waals surface area contributed by atoms with Crippen LogP contribution < -0.4 is 4.90 Å². The van der Waals surface area contributed by atoms with E-state index in [1.807, 2.05) is 12.3 Å². The number of thioether (sulfide) groups is 1. The minimum Gasteiger partial charge on any atom is -0.377 e. The van der Waals surface area contributed by atoms with Crippen LogP contribution in [0.2, 0.25) is 0 Å². The average molecular weight is 342 g/mol. The fourth-order valence-corrected chi connectivity index (χ4v) is 4.67. The van der Waals surface area contributed by atoms with E-state index in [1.54, 1.807) is 0 Å². The van der Waals surface area contributed by atoms with Gasteiger partial charge in [0.05, 0.1) is 39.4 Å². The summed E-state index contributed by atoms with van der Waals surface area (Å²) in [4.78, 5) is 11.4. The number of ether oxygens (including phenoxy) is 1. The second kappa shape index (κ2) is 5.65. The molecule has 0 radical (unpaired) electrons. The molecule has 1 aliphatic carbocycles. The Bertz CT molecular complexity index is 673. The summed E-state index contributed by atoms with van der Waals surface area (Å²) >= 11 is 1.48. The summed E-state index contributed by atoms with van der Waals surface area (Å²) in [7, 11) is -2.67. The molecular formula is C14H22N4O2S2. The molecule has 1 aromatic heterocycles. The molecule has 2 aliphatic rings. The van der Waals surface area contributed by atoms with E-state index in [0.717, 1.165) is 30.9 Å². The van der Waals surface area contributed by atoms with Crippen molar-refractivity contribution in [1.82, 2.24) is 9.97 Å². The summed E-state index contributed by atoms with van der Waals surface area (Å²) in [5.74, 6) is 0.861. The van der Waals surface area contributed by atoms with Crippen molar-refractivity contribution in [1.29, 1.82) is 4.78 Å². The van der Waals surface area contributed by atoms with E-state index in [-0.39, 0.29) is 6.04 Å². The quantitative estimate of drug-likeness (QED) is 0.667. The Kier molecular flexibility index (Phi) is 4.11. The summed E-state index contributed by atoms with van der Waals surface area (Å²) < 4.78 is 25.3. The Hall–Kier alpha value is -0.860. The van der Waals surface area contributed by atoms with Gasteiger partial charge < -0.3 is 9.64 Å². The Morgan fingerprint density at radius 1 is 1.50 bits per heavy atom. The zero-order valence-electron chi connectivity index (χ0n) is 13.2. The van der Waals surface area contributed by atoms with Crippen LogP contribution in [0.1, 0.15) is 25.5 Å². The summed E-state index contributed by atoms with van der Waals surface area (Å²) in [6.07, 6.45) is 5.01. The van der Waals surface area contributed by atoms with Crippen molar-refractivity contribution in [2.45, 2.75) is 35.7 Å². The molecule has 1 saturated heterocycles. The fraction of sp³-hybridized carbons (Fsp3) is 0.714. The first-order valence-electron chi connectivity index (χ1n) is 7.39. The zero-order valence-corrected chi connectivity index (χ0v) is 14.8. The highest BCUT2D eigenvalue weighted by Gasteiger charge is 2.53. The molecule has 1 aliphatic heterocycles. The van der Waals surface area contributed by atoms with Crippen molar-refractivity contribution in [2.75, 3.05) is 37.2 Å². The van der Waals surface area contributed by atoms with Gasteiger partial charge in [-0.3, -0.25) is 4.78 Å². The molecule has 0 aromatic carbocycles. The lowest BCUT2D eigenvalue weighted by Crippen LogP contribution is -2.44. The van der Waals surface area contributed by atoms with E-state index in [4.69, 9.17) is 9.52 Å². The molecule has 6 nitrogen and oxygen atoms in total. The molecule has 2 atom stereocenters. The third kappa shape index (κ3) is 2.72. The second-order valence-electron chi connectivity index (χ2n) is 6.05. The van der Waals surface area contributed by atoms with Crippen LogP contribution in [-0.4, -0.2) is 52.5 Å². The van der Waals surface area contributed by atoms with E-state index >= 15 is 0 Å². The van der Waals surface area contributed by atoms with Crippen LogP contribution in [0.25, 0.3) is 0 Å². The van der Waals surface area contributed by atoms with Crippen LogP contribution in [-0.2, 0) is 19.2 Å². The van der Waals surface area contributed by atoms with Gasteiger partial charge in [-0.2, -0.15) is 0 Å². The molecule has 1 N–H and O–H groups in total. The highest BCUT2D eigenvalue weighted by atomic mass is 32.2. The number of anilines is 1. The molecule has 122 valence electrons. The van der Waals surface area contributed by atoms with E-state index in [9.17, 15) is 4.21 Å². The molecule has 2 heterocycles. The van der Waals surface area contributed by atoms with Crippen molar-refractivity contribution in [3.63, 3.8) is 0 Å². The number of rotatable bonds is 4. The van der Waals surface area contributed by atoms with Crippen molar-refractivity contribution >= 4 is 27.3 Å². The molecule has 0 amide bonds. The lowest BCUT2D eigenvalue weighted by Gasteiger charge is -2.34. The van der Waals surface area contributed by atoms with Crippen molar-refractivity contribution in [2.24, 2.45) is 0 Å². The number of nitrogens with zero attached hydrogens (tertiary/aromatic N) is 3. The van der Waals surface area contributed by atoms with E-state index < -0.39 is 14.5 Å². The topological polar surface area (TPSA) is 79.2 Å². The Balaban J connectivity index is 2.04. The number of aromatic nitrogens is 2. The smallest absolute Gasteiger partial charge is 0.189 e. The zero-order chi connectivity index (χ0) is 16.0. The molecule has 0 bridgehead atoms. The van der Waals surface area contributed by atoms with Crippen LogP contribution in [0.3, 0.4) is 0 Å². The van der Waals surface area contributed by atoms with Crippen molar-refractivity contribution < 1.29 is 8.95 Å². The molecular weight excluding hydrogens is 320 g/mol. The highest BCUT2D eigenvalue weighted by Crippen LogP contribution is 2.52.